The molecule has 6 nitrogen and oxygen atoms in total. The maximum Gasteiger partial charge on any atom is 0.326 e. The zero-order chi connectivity index (χ0) is 22.5. The maximum atomic E-state index is 13.3. The highest BCUT2D eigenvalue weighted by molar-refractivity contribution is 6.04. The van der Waals surface area contributed by atoms with Crippen LogP contribution in [0.2, 0.25) is 0 Å². The molecular weight excluding hydrogens is 388 g/mol. The number of hydrogen-bond acceptors (Lipinski definition) is 4. The van der Waals surface area contributed by atoms with Gasteiger partial charge in [-0.05, 0) is 65.3 Å². The Labute approximate surface area is 186 Å². The van der Waals surface area contributed by atoms with Gasteiger partial charge in [0, 0.05) is 55.7 Å². The summed E-state index contributed by atoms with van der Waals surface area (Å²) in [4.78, 5) is 19.6. The summed E-state index contributed by atoms with van der Waals surface area (Å²) in [6.45, 7) is 16.3. The molecule has 168 valence electrons. The van der Waals surface area contributed by atoms with E-state index in [0.717, 1.165) is 55.3 Å². The molecule has 6 heteroatoms. The van der Waals surface area contributed by atoms with Crippen LogP contribution < -0.4 is 24.8 Å². The lowest BCUT2D eigenvalue weighted by Gasteiger charge is -2.34. The third kappa shape index (κ3) is 4.58. The first-order valence-corrected chi connectivity index (χ1v) is 11.5. The molecule has 1 unspecified atom stereocenters. The molecule has 0 bridgehead atoms. The van der Waals surface area contributed by atoms with Crippen LogP contribution in [0.5, 0.6) is 11.5 Å². The summed E-state index contributed by atoms with van der Waals surface area (Å²) in [5.41, 5.74) is 3.71. The Hall–Kier alpha value is -2.89. The number of nitrogens with one attached hydrogen (secondary N) is 1. The molecule has 1 atom stereocenters. The smallest absolute Gasteiger partial charge is 0.326 e. The Morgan fingerprint density at radius 3 is 1.71 bits per heavy atom. The third-order valence-electron chi connectivity index (χ3n) is 6.03. The van der Waals surface area contributed by atoms with E-state index in [1.165, 1.54) is 0 Å². The second kappa shape index (κ2) is 9.94. The summed E-state index contributed by atoms with van der Waals surface area (Å²) in [6, 6.07) is 12.1. The van der Waals surface area contributed by atoms with Crippen LogP contribution in [0.4, 0.5) is 27.5 Å². The zero-order valence-corrected chi connectivity index (χ0v) is 19.7. The maximum absolute atomic E-state index is 13.3. The molecule has 31 heavy (non-hydrogen) atoms. The first-order chi connectivity index (χ1) is 15.0. The van der Waals surface area contributed by atoms with E-state index in [9.17, 15) is 4.79 Å². The van der Waals surface area contributed by atoms with Crippen LogP contribution in [0.25, 0.3) is 0 Å². The highest BCUT2D eigenvalue weighted by Crippen LogP contribution is 2.49. The van der Waals surface area contributed by atoms with Crippen LogP contribution in [0.3, 0.4) is 0 Å². The Morgan fingerprint density at radius 2 is 1.32 bits per heavy atom. The molecular formula is C25H36N4O2. The molecule has 2 amide bonds. The van der Waals surface area contributed by atoms with Crippen molar-refractivity contribution in [1.82, 2.24) is 5.32 Å². The molecule has 1 aliphatic heterocycles. The van der Waals surface area contributed by atoms with Crippen LogP contribution in [0.15, 0.2) is 36.4 Å². The largest absolute Gasteiger partial charge is 0.453 e. The number of carbonyl (C=O) groups is 1. The van der Waals surface area contributed by atoms with Gasteiger partial charge in [0.25, 0.3) is 0 Å². The number of ether oxygens (including phenoxy) is 1. The van der Waals surface area contributed by atoms with Crippen molar-refractivity contribution in [2.45, 2.75) is 54.0 Å². The number of urea groups is 1. The van der Waals surface area contributed by atoms with Crippen molar-refractivity contribution in [2.75, 3.05) is 40.9 Å². The summed E-state index contributed by atoms with van der Waals surface area (Å²) in [6.07, 6.45) is 0.873. The van der Waals surface area contributed by atoms with Crippen molar-refractivity contribution in [3.05, 3.63) is 36.4 Å². The molecule has 0 spiro atoms. The van der Waals surface area contributed by atoms with E-state index in [0.29, 0.717) is 11.5 Å². The number of fused-ring (bicyclic) bond motifs is 2. The molecule has 1 heterocycles. The number of hydrogen-bond donors (Lipinski definition) is 1. The van der Waals surface area contributed by atoms with Crippen LogP contribution in [-0.4, -0.2) is 38.3 Å². The Morgan fingerprint density at radius 1 is 0.871 bits per heavy atom. The average molecular weight is 425 g/mol. The fourth-order valence-corrected chi connectivity index (χ4v) is 3.95. The summed E-state index contributed by atoms with van der Waals surface area (Å²) >= 11 is 0. The Kier molecular flexibility index (Phi) is 7.31. The SMILES string of the molecule is CCC(C)NC(=O)N1c2ccc(N(CC)CC)cc2Oc2cc(N(CC)CC)ccc21. The zero-order valence-electron chi connectivity index (χ0n) is 19.7. The third-order valence-corrected chi connectivity index (χ3v) is 6.03. The van der Waals surface area contributed by atoms with E-state index in [1.807, 2.05) is 31.2 Å². The molecule has 1 N–H and O–H groups in total. The molecule has 1 aliphatic rings. The lowest BCUT2D eigenvalue weighted by atomic mass is 10.1. The van der Waals surface area contributed by atoms with Crippen molar-refractivity contribution >= 4 is 28.8 Å². The van der Waals surface area contributed by atoms with E-state index < -0.39 is 0 Å². The summed E-state index contributed by atoms with van der Waals surface area (Å²) in [7, 11) is 0. The van der Waals surface area contributed by atoms with Gasteiger partial charge in [0.2, 0.25) is 0 Å². The van der Waals surface area contributed by atoms with Gasteiger partial charge in [-0.3, -0.25) is 4.90 Å². The van der Waals surface area contributed by atoms with Crippen LogP contribution in [0, 0.1) is 0 Å². The summed E-state index contributed by atoms with van der Waals surface area (Å²) in [5.74, 6) is 1.40. The standard InChI is InChI=1S/C25H36N4O2/c1-7-18(6)26-25(30)29-21-14-12-19(27(8-2)9-3)16-23(21)31-24-17-20(13-15-22(24)29)28(10-4)11-5/h12-18H,7-11H2,1-6H3,(H,26,30). The van der Waals surface area contributed by atoms with E-state index in [-0.39, 0.29) is 12.1 Å². The minimum Gasteiger partial charge on any atom is -0.453 e. The van der Waals surface area contributed by atoms with E-state index in [4.69, 9.17) is 4.74 Å². The topological polar surface area (TPSA) is 48.1 Å². The molecule has 0 saturated carbocycles. The van der Waals surface area contributed by atoms with Gasteiger partial charge in [0.05, 0.1) is 11.4 Å². The lowest BCUT2D eigenvalue weighted by Crippen LogP contribution is -2.42. The first-order valence-electron chi connectivity index (χ1n) is 11.5. The van der Waals surface area contributed by atoms with Crippen molar-refractivity contribution in [3.8, 4) is 11.5 Å². The van der Waals surface area contributed by atoms with Gasteiger partial charge in [0.15, 0.2) is 11.5 Å². The summed E-state index contributed by atoms with van der Waals surface area (Å²) in [5, 5.41) is 3.11. The summed E-state index contributed by atoms with van der Waals surface area (Å²) < 4.78 is 6.37. The molecule has 0 fully saturated rings. The van der Waals surface area contributed by atoms with Gasteiger partial charge >= 0.3 is 6.03 Å². The normalized spacial score (nSPS) is 13.0. The van der Waals surface area contributed by atoms with Crippen molar-refractivity contribution < 1.29 is 9.53 Å². The van der Waals surface area contributed by atoms with Gasteiger partial charge in [-0.25, -0.2) is 4.79 Å². The molecule has 0 saturated heterocycles. The van der Waals surface area contributed by atoms with Gasteiger partial charge in [-0.2, -0.15) is 0 Å². The Balaban J connectivity index is 2.09. The predicted octanol–water partition coefficient (Wildman–Crippen LogP) is 6.13. The quantitative estimate of drug-likeness (QED) is 0.554. The second-order valence-electron chi connectivity index (χ2n) is 7.84. The molecule has 0 radical (unpaired) electrons. The molecule has 0 aliphatic carbocycles. The molecule has 0 aromatic heterocycles. The Bertz CT molecular complexity index is 845. The van der Waals surface area contributed by atoms with Crippen molar-refractivity contribution in [1.29, 1.82) is 0 Å². The molecule has 2 aromatic rings. The van der Waals surface area contributed by atoms with E-state index in [2.05, 4.69) is 61.9 Å². The minimum absolute atomic E-state index is 0.0899. The van der Waals surface area contributed by atoms with Gasteiger partial charge < -0.3 is 19.9 Å². The van der Waals surface area contributed by atoms with E-state index in [1.54, 1.807) is 4.90 Å². The van der Waals surface area contributed by atoms with Crippen molar-refractivity contribution in [3.63, 3.8) is 0 Å². The van der Waals surface area contributed by atoms with Gasteiger partial charge in [-0.1, -0.05) is 6.92 Å². The number of amides is 2. The molecule has 2 aromatic carbocycles. The number of nitrogens with zero attached hydrogens (tertiary/aromatic N) is 3. The van der Waals surface area contributed by atoms with Gasteiger partial charge in [0.1, 0.15) is 0 Å². The minimum atomic E-state index is -0.133. The van der Waals surface area contributed by atoms with Crippen LogP contribution in [0.1, 0.15) is 48.0 Å². The predicted molar refractivity (Wildman–Crippen MR) is 131 cm³/mol. The highest BCUT2D eigenvalue weighted by atomic mass is 16.5. The number of rotatable bonds is 8. The number of benzene rings is 2. The second-order valence-corrected chi connectivity index (χ2v) is 7.84. The monoisotopic (exact) mass is 424 g/mol. The van der Waals surface area contributed by atoms with Crippen LogP contribution >= 0.6 is 0 Å². The molecule has 3 rings (SSSR count). The van der Waals surface area contributed by atoms with Crippen molar-refractivity contribution in [2.24, 2.45) is 0 Å². The fourth-order valence-electron chi connectivity index (χ4n) is 3.95. The van der Waals surface area contributed by atoms with Crippen LogP contribution in [-0.2, 0) is 0 Å². The fraction of sp³-hybridized carbons (Fsp3) is 0.480. The number of carbonyl (C=O) groups excluding carboxylic acids is 1. The average Bonchev–Trinajstić information content (AvgIpc) is 2.78. The lowest BCUT2D eigenvalue weighted by molar-refractivity contribution is 0.244. The highest BCUT2D eigenvalue weighted by Gasteiger charge is 2.31. The van der Waals surface area contributed by atoms with E-state index >= 15 is 0 Å². The van der Waals surface area contributed by atoms with Gasteiger partial charge in [-0.15, -0.1) is 0 Å². The first kappa shape index (κ1) is 22.8. The number of anilines is 4.